The molecule has 0 aliphatic carbocycles. The standard InChI is InChI=1S/C22H26N4O3/c1-25-8-10-26(11-9-25)17-2-4-20(19(14-17)16-6-12-28-13-7-16)24-22(27)21-5-3-18(15-23)29-21/h2-4,6,14,21H,5,7-13H2,1H3,(H,24,27). The molecule has 0 saturated carbocycles. The van der Waals surface area contributed by atoms with Crippen LogP contribution in [0.5, 0.6) is 0 Å². The average molecular weight is 394 g/mol. The van der Waals surface area contributed by atoms with Crippen LogP contribution < -0.4 is 10.2 Å². The number of allylic oxidation sites excluding steroid dienone is 1. The average Bonchev–Trinajstić information content (AvgIpc) is 3.25. The smallest absolute Gasteiger partial charge is 0.265 e. The van der Waals surface area contributed by atoms with Crippen molar-refractivity contribution in [2.24, 2.45) is 0 Å². The molecule has 1 saturated heterocycles. The second-order valence-electron chi connectivity index (χ2n) is 7.59. The summed E-state index contributed by atoms with van der Waals surface area (Å²) in [6.07, 6.45) is 4.32. The molecular formula is C22H26N4O3. The molecule has 1 N–H and O–H groups in total. The summed E-state index contributed by atoms with van der Waals surface area (Å²) >= 11 is 0. The van der Waals surface area contributed by atoms with Crippen molar-refractivity contribution in [3.63, 3.8) is 0 Å². The van der Waals surface area contributed by atoms with Crippen LogP contribution >= 0.6 is 0 Å². The summed E-state index contributed by atoms with van der Waals surface area (Å²) < 4.78 is 10.9. The van der Waals surface area contributed by atoms with Crippen molar-refractivity contribution < 1.29 is 14.3 Å². The van der Waals surface area contributed by atoms with Gasteiger partial charge in [-0.3, -0.25) is 4.79 Å². The number of ether oxygens (including phenoxy) is 2. The maximum atomic E-state index is 12.7. The van der Waals surface area contributed by atoms with Crippen LogP contribution in [0.3, 0.4) is 0 Å². The van der Waals surface area contributed by atoms with E-state index in [0.717, 1.165) is 43.9 Å². The van der Waals surface area contributed by atoms with E-state index in [1.807, 2.05) is 12.1 Å². The Morgan fingerprint density at radius 1 is 1.24 bits per heavy atom. The maximum absolute atomic E-state index is 12.7. The van der Waals surface area contributed by atoms with Gasteiger partial charge in [-0.1, -0.05) is 6.08 Å². The van der Waals surface area contributed by atoms with E-state index < -0.39 is 6.10 Å². The molecule has 1 fully saturated rings. The lowest BCUT2D eigenvalue weighted by atomic mass is 9.98. The van der Waals surface area contributed by atoms with Gasteiger partial charge < -0.3 is 24.6 Å². The minimum absolute atomic E-state index is 0.211. The Morgan fingerprint density at radius 2 is 2.07 bits per heavy atom. The van der Waals surface area contributed by atoms with E-state index in [1.54, 1.807) is 6.08 Å². The van der Waals surface area contributed by atoms with E-state index in [0.29, 0.717) is 19.6 Å². The number of nitriles is 1. The summed E-state index contributed by atoms with van der Waals surface area (Å²) in [5.41, 5.74) is 4.16. The van der Waals surface area contributed by atoms with Gasteiger partial charge in [0.25, 0.3) is 5.91 Å². The second kappa shape index (κ2) is 8.68. The Bertz CT molecular complexity index is 879. The molecular weight excluding hydrogens is 368 g/mol. The normalized spacial score (nSPS) is 22.3. The van der Waals surface area contributed by atoms with E-state index in [2.05, 4.69) is 40.4 Å². The zero-order valence-electron chi connectivity index (χ0n) is 16.7. The van der Waals surface area contributed by atoms with Crippen LogP contribution in [0.15, 0.2) is 36.1 Å². The van der Waals surface area contributed by atoms with Crippen molar-refractivity contribution in [1.29, 1.82) is 5.26 Å². The molecule has 3 aliphatic rings. The van der Waals surface area contributed by atoms with Gasteiger partial charge in [0.05, 0.1) is 13.2 Å². The molecule has 1 aromatic carbocycles. The van der Waals surface area contributed by atoms with Gasteiger partial charge in [0, 0.05) is 49.5 Å². The fraction of sp³-hybridized carbons (Fsp3) is 0.455. The van der Waals surface area contributed by atoms with Gasteiger partial charge >= 0.3 is 0 Å². The van der Waals surface area contributed by atoms with Gasteiger partial charge in [0.2, 0.25) is 0 Å². The number of carbonyl (C=O) groups excluding carboxylic acids is 1. The Hall–Kier alpha value is -2.82. The van der Waals surface area contributed by atoms with Gasteiger partial charge in [-0.05, 0) is 43.3 Å². The molecule has 1 aromatic rings. The van der Waals surface area contributed by atoms with Gasteiger partial charge in [-0.25, -0.2) is 0 Å². The second-order valence-corrected chi connectivity index (χ2v) is 7.59. The van der Waals surface area contributed by atoms with Crippen LogP contribution in [0.4, 0.5) is 11.4 Å². The van der Waals surface area contributed by atoms with Gasteiger partial charge in [0.15, 0.2) is 11.9 Å². The molecule has 3 aliphatic heterocycles. The number of nitrogens with one attached hydrogen (secondary N) is 1. The summed E-state index contributed by atoms with van der Waals surface area (Å²) in [7, 11) is 2.14. The third-order valence-electron chi connectivity index (χ3n) is 5.63. The number of nitrogens with zero attached hydrogens (tertiary/aromatic N) is 3. The number of benzene rings is 1. The molecule has 4 rings (SSSR count). The molecule has 1 amide bonds. The highest BCUT2D eigenvalue weighted by Crippen LogP contribution is 2.33. The van der Waals surface area contributed by atoms with E-state index in [9.17, 15) is 4.79 Å². The van der Waals surface area contributed by atoms with Crippen molar-refractivity contribution in [1.82, 2.24) is 4.90 Å². The molecule has 0 spiro atoms. The highest BCUT2D eigenvalue weighted by Gasteiger charge is 2.27. The van der Waals surface area contributed by atoms with Crippen molar-refractivity contribution in [2.45, 2.75) is 18.9 Å². The predicted molar refractivity (Wildman–Crippen MR) is 111 cm³/mol. The Labute approximate surface area is 171 Å². The van der Waals surface area contributed by atoms with E-state index in [-0.39, 0.29) is 11.7 Å². The SMILES string of the molecule is CN1CCN(c2ccc(NC(=O)C3CC=C(C#N)O3)c(C3=CCOCC3)c2)CC1. The molecule has 29 heavy (non-hydrogen) atoms. The lowest BCUT2D eigenvalue weighted by molar-refractivity contribution is -0.123. The summed E-state index contributed by atoms with van der Waals surface area (Å²) in [5.74, 6) is -0.0179. The Kier molecular flexibility index (Phi) is 5.84. The predicted octanol–water partition coefficient (Wildman–Crippen LogP) is 2.38. The first-order valence-corrected chi connectivity index (χ1v) is 10.1. The summed E-state index contributed by atoms with van der Waals surface area (Å²) in [6.45, 7) is 5.32. The first-order valence-electron chi connectivity index (χ1n) is 10.1. The third-order valence-corrected chi connectivity index (χ3v) is 5.63. The van der Waals surface area contributed by atoms with Gasteiger partial charge in [-0.2, -0.15) is 5.26 Å². The summed E-state index contributed by atoms with van der Waals surface area (Å²) in [6, 6.07) is 8.17. The number of piperazine rings is 1. The van der Waals surface area contributed by atoms with Gasteiger partial charge in [-0.15, -0.1) is 0 Å². The largest absolute Gasteiger partial charge is 0.470 e. The molecule has 1 unspecified atom stereocenters. The fourth-order valence-corrected chi connectivity index (χ4v) is 3.85. The van der Waals surface area contributed by atoms with Crippen molar-refractivity contribution in [2.75, 3.05) is 56.7 Å². The van der Waals surface area contributed by atoms with E-state index >= 15 is 0 Å². The molecule has 0 bridgehead atoms. The molecule has 0 radical (unpaired) electrons. The first-order chi connectivity index (χ1) is 14.1. The third kappa shape index (κ3) is 4.44. The van der Waals surface area contributed by atoms with Crippen LogP contribution in [-0.4, -0.2) is 63.4 Å². The van der Waals surface area contributed by atoms with Crippen molar-refractivity contribution >= 4 is 22.9 Å². The highest BCUT2D eigenvalue weighted by atomic mass is 16.5. The van der Waals surface area contributed by atoms with Crippen LogP contribution in [0.1, 0.15) is 18.4 Å². The van der Waals surface area contributed by atoms with Crippen LogP contribution in [0.25, 0.3) is 5.57 Å². The topological polar surface area (TPSA) is 77.8 Å². The zero-order chi connectivity index (χ0) is 20.2. The van der Waals surface area contributed by atoms with Gasteiger partial charge in [0.1, 0.15) is 6.07 Å². The molecule has 0 aromatic heterocycles. The maximum Gasteiger partial charge on any atom is 0.265 e. The summed E-state index contributed by atoms with van der Waals surface area (Å²) in [5, 5.41) is 12.0. The van der Waals surface area contributed by atoms with E-state index in [1.165, 1.54) is 11.3 Å². The number of likely N-dealkylation sites (N-methyl/N-ethyl adjacent to an activating group) is 1. The zero-order valence-corrected chi connectivity index (χ0v) is 16.7. The number of hydrogen-bond donors (Lipinski definition) is 1. The number of rotatable bonds is 4. The number of hydrogen-bond acceptors (Lipinski definition) is 6. The lowest BCUT2D eigenvalue weighted by Gasteiger charge is -2.34. The monoisotopic (exact) mass is 394 g/mol. The van der Waals surface area contributed by atoms with Crippen molar-refractivity contribution in [3.8, 4) is 6.07 Å². The number of amides is 1. The summed E-state index contributed by atoms with van der Waals surface area (Å²) in [4.78, 5) is 17.4. The number of carbonyl (C=O) groups is 1. The van der Waals surface area contributed by atoms with Crippen LogP contribution in [0, 0.1) is 11.3 Å². The van der Waals surface area contributed by atoms with Crippen molar-refractivity contribution in [3.05, 3.63) is 41.7 Å². The molecule has 7 nitrogen and oxygen atoms in total. The highest BCUT2D eigenvalue weighted by molar-refractivity contribution is 5.98. The molecule has 1 atom stereocenters. The Balaban J connectivity index is 1.56. The quantitative estimate of drug-likeness (QED) is 0.845. The van der Waals surface area contributed by atoms with Crippen LogP contribution in [-0.2, 0) is 14.3 Å². The lowest BCUT2D eigenvalue weighted by Crippen LogP contribution is -2.44. The molecule has 7 heteroatoms. The van der Waals surface area contributed by atoms with E-state index in [4.69, 9.17) is 14.7 Å². The molecule has 3 heterocycles. The fourth-order valence-electron chi connectivity index (χ4n) is 3.85. The Morgan fingerprint density at radius 3 is 2.76 bits per heavy atom. The number of anilines is 2. The minimum Gasteiger partial charge on any atom is -0.470 e. The molecule has 152 valence electrons. The first kappa shape index (κ1) is 19.5. The minimum atomic E-state index is -0.654. The van der Waals surface area contributed by atoms with Crippen LogP contribution in [0.2, 0.25) is 0 Å².